The van der Waals surface area contributed by atoms with E-state index in [1.807, 2.05) is 23.2 Å². The van der Waals surface area contributed by atoms with Crippen LogP contribution in [0.25, 0.3) is 11.8 Å². The van der Waals surface area contributed by atoms with Crippen molar-refractivity contribution in [2.45, 2.75) is 71.0 Å². The first kappa shape index (κ1) is 27.2. The number of esters is 1. The fourth-order valence-corrected chi connectivity index (χ4v) is 9.53. The molecule has 0 spiro atoms. The summed E-state index contributed by atoms with van der Waals surface area (Å²) in [4.78, 5) is 25.9. The summed E-state index contributed by atoms with van der Waals surface area (Å²) in [6.45, 7) is 5.60. The molecule has 1 N–H and O–H groups in total. The number of rotatable bonds is 5. The second-order valence-corrected chi connectivity index (χ2v) is 13.3. The van der Waals surface area contributed by atoms with Crippen LogP contribution in [0.15, 0.2) is 36.0 Å². The summed E-state index contributed by atoms with van der Waals surface area (Å²) < 4.78 is 21.3. The lowest BCUT2D eigenvalue weighted by Crippen LogP contribution is -2.63. The first-order valence-corrected chi connectivity index (χ1v) is 15.0. The summed E-state index contributed by atoms with van der Waals surface area (Å²) in [5, 5.41) is 27.6. The van der Waals surface area contributed by atoms with Gasteiger partial charge in [-0.05, 0) is 109 Å². The lowest BCUT2D eigenvalue weighted by atomic mass is 9.45. The van der Waals surface area contributed by atoms with E-state index in [2.05, 4.69) is 18.1 Å². The van der Waals surface area contributed by atoms with E-state index in [-0.39, 0.29) is 40.5 Å². The van der Waals surface area contributed by atoms with Crippen LogP contribution in [0.5, 0.6) is 0 Å². The number of carbonyl (C=O) groups excluding carboxylic acids is 2. The van der Waals surface area contributed by atoms with E-state index in [1.165, 1.54) is 24.6 Å². The number of hydrogen-bond acceptors (Lipinski definition) is 7. The Balaban J connectivity index is 1.35. The molecule has 3 fully saturated rings. The third kappa shape index (κ3) is 3.82. The molecule has 40 heavy (non-hydrogen) atoms. The van der Waals surface area contributed by atoms with Crippen LogP contribution in [0.2, 0.25) is 0 Å². The van der Waals surface area contributed by atoms with Crippen molar-refractivity contribution in [1.82, 2.24) is 9.78 Å². The molecule has 1 aromatic carbocycles. The van der Waals surface area contributed by atoms with Gasteiger partial charge in [-0.2, -0.15) is 10.4 Å². The maximum absolute atomic E-state index is 13.6. The van der Waals surface area contributed by atoms with Crippen LogP contribution in [0.1, 0.15) is 64.1 Å². The lowest BCUT2D eigenvalue weighted by molar-refractivity contribution is -0.198. The molecule has 2 aromatic rings. The number of fused-ring (bicyclic) bond motifs is 6. The Bertz CT molecular complexity index is 1450. The number of nitrogens with zero attached hydrogens (tertiary/aromatic N) is 3. The number of aromatic nitrogens is 2. The minimum atomic E-state index is -1.33. The number of aliphatic hydroxyl groups excluding tert-OH is 1. The third-order valence-electron chi connectivity index (χ3n) is 10.7. The largest absolute Gasteiger partial charge is 0.451 e. The quantitative estimate of drug-likeness (QED) is 0.391. The maximum Gasteiger partial charge on any atom is 0.303 e. The van der Waals surface area contributed by atoms with Gasteiger partial charge < -0.3 is 9.84 Å². The van der Waals surface area contributed by atoms with Crippen molar-refractivity contribution in [2.75, 3.05) is 5.75 Å². The second kappa shape index (κ2) is 9.56. The Labute approximate surface area is 237 Å². The van der Waals surface area contributed by atoms with E-state index in [0.29, 0.717) is 12.8 Å². The van der Waals surface area contributed by atoms with E-state index in [4.69, 9.17) is 10.00 Å². The Kier molecular flexibility index (Phi) is 6.50. The number of benzene rings is 1. The summed E-state index contributed by atoms with van der Waals surface area (Å²) in [5.74, 6) is -0.805. The molecule has 0 bridgehead atoms. The van der Waals surface area contributed by atoms with E-state index >= 15 is 0 Å². The van der Waals surface area contributed by atoms with Crippen molar-refractivity contribution < 1.29 is 23.8 Å². The number of ether oxygens (including phenoxy) is 1. The number of thiocyanates is 1. The highest BCUT2D eigenvalue weighted by Crippen LogP contribution is 2.68. The fraction of sp³-hybridized carbons (Fsp3) is 0.548. The summed E-state index contributed by atoms with van der Waals surface area (Å²) in [6, 6.07) is 6.32. The molecule has 4 aliphatic carbocycles. The Morgan fingerprint density at radius 3 is 2.73 bits per heavy atom. The first-order valence-electron chi connectivity index (χ1n) is 14.0. The van der Waals surface area contributed by atoms with Gasteiger partial charge in [0.2, 0.25) is 0 Å². The number of nitriles is 1. The minimum Gasteiger partial charge on any atom is -0.451 e. The summed E-state index contributed by atoms with van der Waals surface area (Å²) in [7, 11) is 0. The molecule has 4 unspecified atom stereocenters. The third-order valence-corrected chi connectivity index (χ3v) is 11.2. The predicted molar refractivity (Wildman–Crippen MR) is 149 cm³/mol. The van der Waals surface area contributed by atoms with Gasteiger partial charge in [0.05, 0.1) is 29.4 Å². The van der Waals surface area contributed by atoms with Crippen LogP contribution in [-0.2, 0) is 20.7 Å². The molecule has 1 aromatic heterocycles. The van der Waals surface area contributed by atoms with Gasteiger partial charge in [0, 0.05) is 12.3 Å². The molecule has 210 valence electrons. The Morgan fingerprint density at radius 2 is 2.02 bits per heavy atom. The normalized spacial score (nSPS) is 35.9. The highest BCUT2D eigenvalue weighted by atomic mass is 32.2. The monoisotopic (exact) mass is 563 g/mol. The smallest absolute Gasteiger partial charge is 0.303 e. The van der Waals surface area contributed by atoms with Gasteiger partial charge in [-0.1, -0.05) is 19.4 Å². The van der Waals surface area contributed by atoms with Crippen molar-refractivity contribution in [3.63, 3.8) is 0 Å². The number of carbonyl (C=O) groups is 2. The van der Waals surface area contributed by atoms with E-state index < -0.39 is 23.1 Å². The van der Waals surface area contributed by atoms with Gasteiger partial charge in [-0.3, -0.25) is 9.59 Å². The van der Waals surface area contributed by atoms with Gasteiger partial charge in [0.15, 0.2) is 11.4 Å². The molecule has 0 radical (unpaired) electrons. The zero-order chi connectivity index (χ0) is 28.4. The second-order valence-electron chi connectivity index (χ2n) is 12.5. The van der Waals surface area contributed by atoms with E-state index in [0.717, 1.165) is 54.4 Å². The molecule has 3 saturated carbocycles. The molecular formula is C31H34FN3O4S. The maximum atomic E-state index is 13.6. The summed E-state index contributed by atoms with van der Waals surface area (Å²) in [6.07, 6.45) is 7.41. The van der Waals surface area contributed by atoms with E-state index in [9.17, 15) is 19.1 Å². The van der Waals surface area contributed by atoms with Crippen LogP contribution in [0, 0.1) is 45.1 Å². The standard InChI is InChI=1S/C31H34FN3O4S/c1-18(36)39-31(27(38)16-40-17-33)11-10-24-23-9-4-20-12-25-19(15-34-35(25)22-7-5-21(32)6-8-22)13-29(20,2)28(23)26(37)14-30(24,31)3/h5-8,12,15,23-24,26,28,37H,4,9-11,13-14,16H2,1-3H3/t23?,24-,26?,28+,29?,30?,31-/m0/s1. The molecule has 7 nitrogen and oxygen atoms in total. The minimum absolute atomic E-state index is 0.00962. The van der Waals surface area contributed by atoms with Crippen molar-refractivity contribution >= 4 is 29.6 Å². The number of ketones is 1. The van der Waals surface area contributed by atoms with Gasteiger partial charge in [-0.15, -0.1) is 0 Å². The van der Waals surface area contributed by atoms with Crippen molar-refractivity contribution in [3.05, 3.63) is 53.1 Å². The first-order chi connectivity index (χ1) is 19.0. The summed E-state index contributed by atoms with van der Waals surface area (Å²) >= 11 is 0.867. The van der Waals surface area contributed by atoms with Gasteiger partial charge >= 0.3 is 5.97 Å². The average Bonchev–Trinajstić information content (AvgIpc) is 3.43. The van der Waals surface area contributed by atoms with Gasteiger partial charge in [0.25, 0.3) is 0 Å². The molecule has 6 rings (SSSR count). The number of hydrogen-bond donors (Lipinski definition) is 1. The molecular weight excluding hydrogens is 529 g/mol. The molecule has 0 amide bonds. The molecule has 0 aliphatic heterocycles. The van der Waals surface area contributed by atoms with Gasteiger partial charge in [-0.25, -0.2) is 9.07 Å². The topological polar surface area (TPSA) is 105 Å². The van der Waals surface area contributed by atoms with Crippen LogP contribution in [0.3, 0.4) is 0 Å². The van der Waals surface area contributed by atoms with Crippen LogP contribution < -0.4 is 0 Å². The number of Topliss-reactive ketones (excluding diaryl/α,β-unsaturated/α-hetero) is 1. The molecule has 0 saturated heterocycles. The number of allylic oxidation sites excluding steroid dienone is 1. The fourth-order valence-electron chi connectivity index (χ4n) is 9.10. The zero-order valence-corrected chi connectivity index (χ0v) is 23.8. The lowest BCUT2D eigenvalue weighted by Gasteiger charge is -2.60. The Hall–Kier alpha value is -2.96. The molecule has 1 heterocycles. The van der Waals surface area contributed by atoms with Crippen molar-refractivity contribution in [2.24, 2.45) is 28.6 Å². The number of aliphatic hydroxyl groups is 1. The van der Waals surface area contributed by atoms with Crippen LogP contribution in [-0.4, -0.2) is 44.1 Å². The molecule has 9 heteroatoms. The van der Waals surface area contributed by atoms with Gasteiger partial charge in [0.1, 0.15) is 11.2 Å². The van der Waals surface area contributed by atoms with Crippen molar-refractivity contribution in [3.8, 4) is 11.1 Å². The average molecular weight is 564 g/mol. The highest BCUT2D eigenvalue weighted by Gasteiger charge is 2.70. The number of halogens is 1. The van der Waals surface area contributed by atoms with E-state index in [1.54, 1.807) is 12.1 Å². The highest BCUT2D eigenvalue weighted by molar-refractivity contribution is 8.04. The molecule has 7 atom stereocenters. The zero-order valence-electron chi connectivity index (χ0n) is 23.0. The number of thioether (sulfide) groups is 1. The molecule has 4 aliphatic rings. The predicted octanol–water partition coefficient (Wildman–Crippen LogP) is 5.25. The van der Waals surface area contributed by atoms with Crippen molar-refractivity contribution in [1.29, 1.82) is 5.26 Å². The Morgan fingerprint density at radius 1 is 1.27 bits per heavy atom. The van der Waals surface area contributed by atoms with Crippen LogP contribution >= 0.6 is 11.8 Å². The summed E-state index contributed by atoms with van der Waals surface area (Å²) in [5.41, 5.74) is 1.88. The SMILES string of the molecule is CC(=O)O[C@]1(C(=O)CSC#N)CC[C@H]2C3CCC4=Cc5c(cnn5-c5ccc(F)cc5)CC4(C)[C@H]3C(O)CC21C. The van der Waals surface area contributed by atoms with Crippen LogP contribution in [0.4, 0.5) is 4.39 Å².